The van der Waals surface area contributed by atoms with Crippen LogP contribution in [0.3, 0.4) is 0 Å². The minimum atomic E-state index is 0.172. The van der Waals surface area contributed by atoms with Gasteiger partial charge in [0.1, 0.15) is 0 Å². The number of hydrogen-bond donors (Lipinski definition) is 1. The van der Waals surface area contributed by atoms with Crippen LogP contribution >= 0.6 is 11.8 Å². The molecule has 0 bridgehead atoms. The van der Waals surface area contributed by atoms with Crippen LogP contribution < -0.4 is 5.32 Å². The average Bonchev–Trinajstić information content (AvgIpc) is 2.67. The van der Waals surface area contributed by atoms with Crippen LogP contribution in [0.1, 0.15) is 29.6 Å². The molecule has 3 nitrogen and oxygen atoms in total. The third-order valence-electron chi connectivity index (χ3n) is 4.79. The molecule has 0 aliphatic carbocycles. The van der Waals surface area contributed by atoms with Gasteiger partial charge in [0, 0.05) is 22.9 Å². The highest BCUT2D eigenvalue weighted by atomic mass is 32.2. The van der Waals surface area contributed by atoms with E-state index in [-0.39, 0.29) is 5.91 Å². The van der Waals surface area contributed by atoms with Crippen LogP contribution in [0.2, 0.25) is 0 Å². The minimum absolute atomic E-state index is 0.172. The highest BCUT2D eigenvalue weighted by Crippen LogP contribution is 2.31. The second kappa shape index (κ2) is 9.07. The van der Waals surface area contributed by atoms with Crippen LogP contribution in [0, 0.1) is 5.92 Å². The topological polar surface area (TPSA) is 32.3 Å². The molecule has 1 N–H and O–H groups in total. The summed E-state index contributed by atoms with van der Waals surface area (Å²) in [6.45, 7) is 2.81. The molecule has 1 aliphatic rings. The van der Waals surface area contributed by atoms with Crippen molar-refractivity contribution in [1.29, 1.82) is 0 Å². The number of nitrogens with zero attached hydrogens (tertiary/aromatic N) is 1. The fourth-order valence-corrected chi connectivity index (χ4v) is 4.25. The Morgan fingerprint density at radius 2 is 1.76 bits per heavy atom. The summed E-state index contributed by atoms with van der Waals surface area (Å²) in [6, 6.07) is 18.2. The number of carbonyl (C=O) groups is 1. The zero-order valence-corrected chi connectivity index (χ0v) is 15.6. The van der Waals surface area contributed by atoms with E-state index in [1.807, 2.05) is 54.4 Å². The fourth-order valence-electron chi connectivity index (χ4n) is 3.29. The number of likely N-dealkylation sites (tertiary alicyclic amines) is 1. The molecule has 1 aliphatic heterocycles. The maximum absolute atomic E-state index is 13.0. The van der Waals surface area contributed by atoms with Crippen molar-refractivity contribution >= 4 is 17.7 Å². The Morgan fingerprint density at radius 3 is 2.48 bits per heavy atom. The molecule has 0 saturated carbocycles. The number of nitrogens with one attached hydrogen (secondary N) is 1. The standard InChI is InChI=1S/C21H26N2OS/c1-22-14-11-17-12-15-23(16-13-17)21(24)19-9-5-6-10-20(19)25-18-7-3-2-4-8-18/h2-10,17,22H,11-16H2,1H3. The maximum Gasteiger partial charge on any atom is 0.255 e. The van der Waals surface area contributed by atoms with Crippen LogP contribution in [-0.2, 0) is 0 Å². The molecule has 0 unspecified atom stereocenters. The van der Waals surface area contributed by atoms with Crippen LogP contribution in [0.5, 0.6) is 0 Å². The number of amides is 1. The zero-order chi connectivity index (χ0) is 17.5. The Kier molecular flexibility index (Phi) is 6.54. The molecule has 0 aromatic heterocycles. The lowest BCUT2D eigenvalue weighted by Gasteiger charge is -2.32. The Morgan fingerprint density at radius 1 is 1.08 bits per heavy atom. The molecular formula is C21H26N2OS. The van der Waals surface area contributed by atoms with E-state index in [0.717, 1.165) is 53.7 Å². The summed E-state index contributed by atoms with van der Waals surface area (Å²) in [4.78, 5) is 17.3. The summed E-state index contributed by atoms with van der Waals surface area (Å²) >= 11 is 1.66. The van der Waals surface area contributed by atoms with Gasteiger partial charge in [-0.25, -0.2) is 0 Å². The van der Waals surface area contributed by atoms with E-state index in [4.69, 9.17) is 0 Å². The van der Waals surface area contributed by atoms with Gasteiger partial charge >= 0.3 is 0 Å². The number of rotatable bonds is 6. The average molecular weight is 355 g/mol. The van der Waals surface area contributed by atoms with Crippen molar-refractivity contribution in [2.24, 2.45) is 5.92 Å². The quantitative estimate of drug-likeness (QED) is 0.839. The van der Waals surface area contributed by atoms with Crippen LogP contribution in [0.15, 0.2) is 64.4 Å². The number of benzene rings is 2. The molecule has 0 spiro atoms. The molecular weight excluding hydrogens is 328 g/mol. The van der Waals surface area contributed by atoms with Crippen molar-refractivity contribution in [2.75, 3.05) is 26.7 Å². The van der Waals surface area contributed by atoms with E-state index >= 15 is 0 Å². The molecule has 132 valence electrons. The van der Waals surface area contributed by atoms with Gasteiger partial charge in [0.05, 0.1) is 5.56 Å². The third-order valence-corrected chi connectivity index (χ3v) is 5.88. The van der Waals surface area contributed by atoms with Crippen molar-refractivity contribution in [3.8, 4) is 0 Å². The van der Waals surface area contributed by atoms with E-state index in [9.17, 15) is 4.79 Å². The SMILES string of the molecule is CNCCC1CCN(C(=O)c2ccccc2Sc2ccccc2)CC1. The van der Waals surface area contributed by atoms with E-state index in [1.165, 1.54) is 6.42 Å². The first-order valence-electron chi connectivity index (χ1n) is 9.03. The van der Waals surface area contributed by atoms with Gasteiger partial charge in [-0.05, 0) is 63.0 Å². The Labute approximate surface area is 154 Å². The number of carbonyl (C=O) groups excluding carboxylic acids is 1. The summed E-state index contributed by atoms with van der Waals surface area (Å²) in [7, 11) is 2.00. The summed E-state index contributed by atoms with van der Waals surface area (Å²) in [6.07, 6.45) is 3.43. The van der Waals surface area contributed by atoms with Gasteiger partial charge in [0.2, 0.25) is 0 Å². The first kappa shape index (κ1) is 18.0. The molecule has 1 fully saturated rings. The molecule has 1 saturated heterocycles. The second-order valence-electron chi connectivity index (χ2n) is 6.54. The number of piperidine rings is 1. The van der Waals surface area contributed by atoms with E-state index in [1.54, 1.807) is 11.8 Å². The molecule has 2 aromatic carbocycles. The molecule has 1 heterocycles. The highest BCUT2D eigenvalue weighted by Gasteiger charge is 2.24. The van der Waals surface area contributed by atoms with Crippen molar-refractivity contribution in [3.63, 3.8) is 0 Å². The first-order chi connectivity index (χ1) is 12.3. The van der Waals surface area contributed by atoms with Crippen molar-refractivity contribution in [1.82, 2.24) is 10.2 Å². The van der Waals surface area contributed by atoms with Gasteiger partial charge in [-0.2, -0.15) is 0 Å². The summed E-state index contributed by atoms with van der Waals surface area (Å²) in [5, 5.41) is 3.22. The summed E-state index contributed by atoms with van der Waals surface area (Å²) < 4.78 is 0. The van der Waals surface area contributed by atoms with E-state index in [0.29, 0.717) is 0 Å². The minimum Gasteiger partial charge on any atom is -0.339 e. The van der Waals surface area contributed by atoms with Gasteiger partial charge in [0.15, 0.2) is 0 Å². The smallest absolute Gasteiger partial charge is 0.255 e. The van der Waals surface area contributed by atoms with Gasteiger partial charge in [-0.15, -0.1) is 0 Å². The molecule has 0 atom stereocenters. The van der Waals surface area contributed by atoms with Crippen LogP contribution in [-0.4, -0.2) is 37.5 Å². The van der Waals surface area contributed by atoms with Crippen LogP contribution in [0.4, 0.5) is 0 Å². The fraction of sp³-hybridized carbons (Fsp3) is 0.381. The van der Waals surface area contributed by atoms with Gasteiger partial charge in [-0.3, -0.25) is 4.79 Å². The predicted molar refractivity (Wildman–Crippen MR) is 104 cm³/mol. The van der Waals surface area contributed by atoms with Crippen LogP contribution in [0.25, 0.3) is 0 Å². The maximum atomic E-state index is 13.0. The lowest BCUT2D eigenvalue weighted by molar-refractivity contribution is 0.0683. The van der Waals surface area contributed by atoms with Gasteiger partial charge < -0.3 is 10.2 Å². The Hall–Kier alpha value is -1.78. The Balaban J connectivity index is 1.67. The zero-order valence-electron chi connectivity index (χ0n) is 14.8. The number of hydrogen-bond acceptors (Lipinski definition) is 3. The lowest BCUT2D eigenvalue weighted by Crippen LogP contribution is -2.39. The van der Waals surface area contributed by atoms with E-state index < -0.39 is 0 Å². The molecule has 1 amide bonds. The second-order valence-corrected chi connectivity index (χ2v) is 7.65. The predicted octanol–water partition coefficient (Wildman–Crippen LogP) is 4.30. The largest absolute Gasteiger partial charge is 0.339 e. The third kappa shape index (κ3) is 4.86. The molecule has 2 aromatic rings. The van der Waals surface area contributed by atoms with Crippen molar-refractivity contribution < 1.29 is 4.79 Å². The molecule has 4 heteroatoms. The first-order valence-corrected chi connectivity index (χ1v) is 9.85. The van der Waals surface area contributed by atoms with E-state index in [2.05, 4.69) is 17.4 Å². The molecule has 3 rings (SSSR count). The van der Waals surface area contributed by atoms with Crippen molar-refractivity contribution in [2.45, 2.75) is 29.1 Å². The molecule has 25 heavy (non-hydrogen) atoms. The summed E-state index contributed by atoms with van der Waals surface area (Å²) in [5.41, 5.74) is 0.824. The molecule has 0 radical (unpaired) electrons. The lowest BCUT2D eigenvalue weighted by atomic mass is 9.93. The Bertz CT molecular complexity index is 681. The van der Waals surface area contributed by atoms with Gasteiger partial charge in [-0.1, -0.05) is 42.1 Å². The monoisotopic (exact) mass is 354 g/mol. The normalized spacial score (nSPS) is 15.3. The summed E-state index contributed by atoms with van der Waals surface area (Å²) in [5.74, 6) is 0.913. The van der Waals surface area contributed by atoms with Crippen molar-refractivity contribution in [3.05, 3.63) is 60.2 Å². The highest BCUT2D eigenvalue weighted by molar-refractivity contribution is 7.99. The van der Waals surface area contributed by atoms with Gasteiger partial charge in [0.25, 0.3) is 5.91 Å².